The maximum absolute atomic E-state index is 13.4. The van der Waals surface area contributed by atoms with Crippen molar-refractivity contribution < 1.29 is 12.8 Å². The van der Waals surface area contributed by atoms with Gasteiger partial charge >= 0.3 is 0 Å². The molecule has 3 rings (SSSR count). The van der Waals surface area contributed by atoms with E-state index >= 15 is 0 Å². The van der Waals surface area contributed by atoms with Crippen molar-refractivity contribution in [3.05, 3.63) is 53.8 Å². The van der Waals surface area contributed by atoms with Gasteiger partial charge in [-0.15, -0.1) is 0 Å². The molecular weight excluding hydrogens is 353 g/mol. The van der Waals surface area contributed by atoms with E-state index in [0.29, 0.717) is 31.7 Å². The lowest BCUT2D eigenvalue weighted by molar-refractivity contribution is 0.385. The van der Waals surface area contributed by atoms with Crippen molar-refractivity contribution >= 4 is 21.4 Å². The predicted molar refractivity (Wildman–Crippen MR) is 103 cm³/mol. The number of rotatable bonds is 4. The van der Waals surface area contributed by atoms with Gasteiger partial charge in [0.15, 0.2) is 0 Å². The summed E-state index contributed by atoms with van der Waals surface area (Å²) in [5.74, 6) is -0.394. The van der Waals surface area contributed by atoms with Gasteiger partial charge in [0.1, 0.15) is 5.82 Å². The zero-order valence-electron chi connectivity index (χ0n) is 15.3. The van der Waals surface area contributed by atoms with Crippen LogP contribution in [0.2, 0.25) is 0 Å². The average molecular weight is 377 g/mol. The number of aryl methyl sites for hydroxylation is 1. The van der Waals surface area contributed by atoms with Gasteiger partial charge in [-0.2, -0.15) is 4.31 Å². The van der Waals surface area contributed by atoms with Crippen LogP contribution in [0.1, 0.15) is 5.56 Å². The van der Waals surface area contributed by atoms with Gasteiger partial charge in [0, 0.05) is 51.6 Å². The Kier molecular flexibility index (Phi) is 5.20. The summed E-state index contributed by atoms with van der Waals surface area (Å²) in [6, 6.07) is 12.2. The largest absolute Gasteiger partial charge is 0.378 e. The summed E-state index contributed by atoms with van der Waals surface area (Å²) in [6.45, 7) is 3.65. The molecular formula is C19H24FN3O2S. The maximum atomic E-state index is 13.4. The zero-order valence-corrected chi connectivity index (χ0v) is 16.1. The molecule has 0 saturated carbocycles. The molecule has 2 aromatic rings. The molecule has 26 heavy (non-hydrogen) atoms. The van der Waals surface area contributed by atoms with Gasteiger partial charge < -0.3 is 9.80 Å². The minimum Gasteiger partial charge on any atom is -0.378 e. The molecule has 1 aliphatic rings. The molecule has 5 nitrogen and oxygen atoms in total. The Balaban J connectivity index is 1.70. The molecule has 0 spiro atoms. The van der Waals surface area contributed by atoms with E-state index in [1.807, 2.05) is 19.0 Å². The number of hydrogen-bond donors (Lipinski definition) is 0. The zero-order chi connectivity index (χ0) is 18.9. The molecule has 1 saturated heterocycles. The number of piperazine rings is 1. The second kappa shape index (κ2) is 7.25. The van der Waals surface area contributed by atoms with Crippen LogP contribution in [0.3, 0.4) is 0 Å². The highest BCUT2D eigenvalue weighted by Crippen LogP contribution is 2.24. The van der Waals surface area contributed by atoms with Crippen LogP contribution >= 0.6 is 0 Å². The Morgan fingerprint density at radius 2 is 1.58 bits per heavy atom. The fraction of sp³-hybridized carbons (Fsp3) is 0.368. The van der Waals surface area contributed by atoms with Crippen LogP contribution < -0.4 is 9.80 Å². The molecule has 140 valence electrons. The minimum absolute atomic E-state index is 0.153. The first-order valence-corrected chi connectivity index (χ1v) is 10.0. The molecule has 0 aliphatic carbocycles. The van der Waals surface area contributed by atoms with Crippen LogP contribution in [0.25, 0.3) is 0 Å². The van der Waals surface area contributed by atoms with Crippen molar-refractivity contribution in [3.8, 4) is 0 Å². The van der Waals surface area contributed by atoms with Crippen LogP contribution in [-0.2, 0) is 10.0 Å². The van der Waals surface area contributed by atoms with E-state index in [4.69, 9.17) is 0 Å². The van der Waals surface area contributed by atoms with Gasteiger partial charge in [-0.3, -0.25) is 0 Å². The first-order chi connectivity index (χ1) is 12.3. The molecule has 2 aromatic carbocycles. The number of nitrogens with zero attached hydrogens (tertiary/aromatic N) is 3. The van der Waals surface area contributed by atoms with E-state index in [0.717, 1.165) is 11.4 Å². The Labute approximate surface area is 154 Å². The first kappa shape index (κ1) is 18.7. The topological polar surface area (TPSA) is 43.9 Å². The Bertz CT molecular complexity index is 874. The van der Waals surface area contributed by atoms with Gasteiger partial charge in [0.25, 0.3) is 0 Å². The van der Waals surface area contributed by atoms with Crippen LogP contribution in [-0.4, -0.2) is 53.0 Å². The highest BCUT2D eigenvalue weighted by Gasteiger charge is 2.28. The molecule has 0 unspecified atom stereocenters. The second-order valence-corrected chi connectivity index (χ2v) is 8.65. The van der Waals surface area contributed by atoms with Gasteiger partial charge in [0.2, 0.25) is 10.0 Å². The highest BCUT2D eigenvalue weighted by atomic mass is 32.2. The lowest BCUT2D eigenvalue weighted by atomic mass is 10.2. The molecule has 0 amide bonds. The molecule has 7 heteroatoms. The smallest absolute Gasteiger partial charge is 0.243 e. The summed E-state index contributed by atoms with van der Waals surface area (Å²) in [7, 11) is 0.400. The van der Waals surface area contributed by atoms with Gasteiger partial charge in [-0.05, 0) is 55.0 Å². The third kappa shape index (κ3) is 3.68. The van der Waals surface area contributed by atoms with Crippen molar-refractivity contribution in [1.29, 1.82) is 0 Å². The number of sulfonamides is 1. The Morgan fingerprint density at radius 3 is 2.12 bits per heavy atom. The summed E-state index contributed by atoms with van der Waals surface area (Å²) in [4.78, 5) is 4.38. The normalized spacial score (nSPS) is 15.9. The van der Waals surface area contributed by atoms with Crippen LogP contribution in [0.4, 0.5) is 15.8 Å². The number of benzene rings is 2. The van der Waals surface area contributed by atoms with Crippen LogP contribution in [0.5, 0.6) is 0 Å². The minimum atomic E-state index is -3.59. The lowest BCUT2D eigenvalue weighted by Gasteiger charge is -2.35. The van der Waals surface area contributed by atoms with E-state index in [1.165, 1.54) is 22.5 Å². The summed E-state index contributed by atoms with van der Waals surface area (Å²) in [5, 5.41) is 0. The summed E-state index contributed by atoms with van der Waals surface area (Å²) in [6.07, 6.45) is 0. The fourth-order valence-corrected chi connectivity index (χ4v) is 4.58. The van der Waals surface area contributed by atoms with Gasteiger partial charge in [-0.25, -0.2) is 12.8 Å². The van der Waals surface area contributed by atoms with Gasteiger partial charge in [-0.1, -0.05) is 0 Å². The molecule has 1 fully saturated rings. The highest BCUT2D eigenvalue weighted by molar-refractivity contribution is 7.89. The van der Waals surface area contributed by atoms with Crippen molar-refractivity contribution in [2.24, 2.45) is 0 Å². The monoisotopic (exact) mass is 377 g/mol. The number of hydrogen-bond acceptors (Lipinski definition) is 4. The Hall–Kier alpha value is -2.12. The third-order valence-electron chi connectivity index (χ3n) is 4.74. The lowest BCUT2D eigenvalue weighted by Crippen LogP contribution is -2.48. The number of anilines is 2. The molecule has 1 aliphatic heterocycles. The average Bonchev–Trinajstić information content (AvgIpc) is 2.64. The standard InChI is InChI=1S/C19H24FN3O2S/c1-15-14-18(8-9-19(15)20)26(24,25)23-12-10-22(11-13-23)17-6-4-16(5-7-17)21(2)3/h4-9,14H,10-13H2,1-3H3. The summed E-state index contributed by atoms with van der Waals surface area (Å²) in [5.41, 5.74) is 2.55. The van der Waals surface area contributed by atoms with Crippen molar-refractivity contribution in [3.63, 3.8) is 0 Å². The number of halogens is 1. The van der Waals surface area contributed by atoms with E-state index in [2.05, 4.69) is 29.2 Å². The van der Waals surface area contributed by atoms with Crippen LogP contribution in [0.15, 0.2) is 47.4 Å². The predicted octanol–water partition coefficient (Wildman–Crippen LogP) is 2.71. The van der Waals surface area contributed by atoms with E-state index in [1.54, 1.807) is 6.92 Å². The molecule has 0 aromatic heterocycles. The van der Waals surface area contributed by atoms with Crippen molar-refractivity contribution in [2.75, 3.05) is 50.1 Å². The maximum Gasteiger partial charge on any atom is 0.243 e. The van der Waals surface area contributed by atoms with E-state index < -0.39 is 15.8 Å². The fourth-order valence-electron chi connectivity index (χ4n) is 3.07. The second-order valence-electron chi connectivity index (χ2n) is 6.71. The Morgan fingerprint density at radius 1 is 0.962 bits per heavy atom. The summed E-state index contributed by atoms with van der Waals surface area (Å²) >= 11 is 0. The third-order valence-corrected chi connectivity index (χ3v) is 6.63. The molecule has 0 radical (unpaired) electrons. The summed E-state index contributed by atoms with van der Waals surface area (Å²) < 4.78 is 40.5. The van der Waals surface area contributed by atoms with Gasteiger partial charge in [0.05, 0.1) is 4.90 Å². The van der Waals surface area contributed by atoms with Crippen LogP contribution in [0, 0.1) is 12.7 Å². The molecule has 1 heterocycles. The van der Waals surface area contributed by atoms with E-state index in [-0.39, 0.29) is 4.90 Å². The van der Waals surface area contributed by atoms with Crippen molar-refractivity contribution in [1.82, 2.24) is 4.31 Å². The SMILES string of the molecule is Cc1cc(S(=O)(=O)N2CCN(c3ccc(N(C)C)cc3)CC2)ccc1F. The quantitative estimate of drug-likeness (QED) is 0.822. The van der Waals surface area contributed by atoms with E-state index in [9.17, 15) is 12.8 Å². The molecule has 0 atom stereocenters. The molecule has 0 bridgehead atoms. The molecule has 0 N–H and O–H groups in total. The van der Waals surface area contributed by atoms with Crippen molar-refractivity contribution in [2.45, 2.75) is 11.8 Å². The first-order valence-electron chi connectivity index (χ1n) is 8.57.